The molecule has 0 saturated heterocycles. The van der Waals surface area contributed by atoms with Gasteiger partial charge in [-0.2, -0.15) is 13.2 Å². The number of benzene rings is 1. The van der Waals surface area contributed by atoms with Crippen molar-refractivity contribution < 1.29 is 18.0 Å². The Labute approximate surface area is 111 Å². The molecule has 0 atom stereocenters. The predicted molar refractivity (Wildman–Crippen MR) is 65.1 cm³/mol. The van der Waals surface area contributed by atoms with Crippen molar-refractivity contribution in [3.63, 3.8) is 0 Å². The molecule has 0 bridgehead atoms. The maximum atomic E-state index is 12.0. The Hall–Kier alpha value is -2.38. The van der Waals surface area contributed by atoms with Crippen molar-refractivity contribution in [2.45, 2.75) is 12.7 Å². The summed E-state index contributed by atoms with van der Waals surface area (Å²) in [7, 11) is 0. The molecule has 0 aliphatic carbocycles. The molecule has 1 heterocycles. The molecule has 2 aromatic rings. The molecular formula is C12H10F3N3O2. The van der Waals surface area contributed by atoms with Crippen LogP contribution < -0.4 is 10.9 Å². The Morgan fingerprint density at radius 1 is 1.30 bits per heavy atom. The van der Waals surface area contributed by atoms with E-state index in [4.69, 9.17) is 0 Å². The van der Waals surface area contributed by atoms with Gasteiger partial charge >= 0.3 is 6.18 Å². The van der Waals surface area contributed by atoms with Gasteiger partial charge in [0.05, 0.1) is 17.2 Å². The van der Waals surface area contributed by atoms with Gasteiger partial charge in [-0.05, 0) is 12.1 Å². The average molecular weight is 285 g/mol. The van der Waals surface area contributed by atoms with E-state index in [-0.39, 0.29) is 0 Å². The number of carbonyl (C=O) groups excluding carboxylic acids is 1. The zero-order valence-electron chi connectivity index (χ0n) is 10.1. The first-order valence-electron chi connectivity index (χ1n) is 5.65. The Morgan fingerprint density at radius 2 is 2.00 bits per heavy atom. The van der Waals surface area contributed by atoms with Crippen LogP contribution in [-0.2, 0) is 11.3 Å². The van der Waals surface area contributed by atoms with Gasteiger partial charge in [0.1, 0.15) is 13.1 Å². The minimum atomic E-state index is -4.49. The van der Waals surface area contributed by atoms with Crippen LogP contribution >= 0.6 is 0 Å². The summed E-state index contributed by atoms with van der Waals surface area (Å²) in [6, 6.07) is 6.56. The van der Waals surface area contributed by atoms with Crippen molar-refractivity contribution in [1.29, 1.82) is 0 Å². The van der Waals surface area contributed by atoms with E-state index >= 15 is 0 Å². The van der Waals surface area contributed by atoms with E-state index in [9.17, 15) is 22.8 Å². The summed E-state index contributed by atoms with van der Waals surface area (Å²) in [6.07, 6.45) is -3.46. The zero-order valence-corrected chi connectivity index (χ0v) is 10.1. The number of nitrogens with zero attached hydrogens (tertiary/aromatic N) is 2. The standard InChI is InChI=1S/C12H10F3N3O2/c13-12(14,15)7-17-10(19)6-18-9-4-2-1-3-8(9)16-5-11(18)20/h1-5H,6-7H2,(H,17,19). The maximum absolute atomic E-state index is 12.0. The van der Waals surface area contributed by atoms with Gasteiger partial charge < -0.3 is 5.32 Å². The first-order chi connectivity index (χ1) is 9.37. The molecule has 5 nitrogen and oxygen atoms in total. The Bertz CT molecular complexity index is 694. The second kappa shape index (κ2) is 5.32. The molecule has 0 aliphatic rings. The summed E-state index contributed by atoms with van der Waals surface area (Å²) in [5.41, 5.74) is 0.323. The molecule has 106 valence electrons. The summed E-state index contributed by atoms with van der Waals surface area (Å²) in [6.45, 7) is -1.92. The molecule has 2 rings (SSSR count). The van der Waals surface area contributed by atoms with Gasteiger partial charge in [0.25, 0.3) is 5.56 Å². The van der Waals surface area contributed by atoms with Crippen molar-refractivity contribution >= 4 is 16.9 Å². The number of halogens is 3. The lowest BCUT2D eigenvalue weighted by Crippen LogP contribution is -2.37. The van der Waals surface area contributed by atoms with E-state index in [1.54, 1.807) is 29.6 Å². The van der Waals surface area contributed by atoms with Gasteiger partial charge in [-0.3, -0.25) is 14.2 Å². The Morgan fingerprint density at radius 3 is 2.70 bits per heavy atom. The molecule has 20 heavy (non-hydrogen) atoms. The van der Waals surface area contributed by atoms with Crippen LogP contribution in [0.2, 0.25) is 0 Å². The number of rotatable bonds is 3. The van der Waals surface area contributed by atoms with Crippen molar-refractivity contribution in [2.75, 3.05) is 6.54 Å². The van der Waals surface area contributed by atoms with E-state index in [0.29, 0.717) is 11.0 Å². The number of aromatic nitrogens is 2. The second-order valence-corrected chi connectivity index (χ2v) is 4.06. The zero-order chi connectivity index (χ0) is 14.8. The fourth-order valence-electron chi connectivity index (χ4n) is 1.68. The summed E-state index contributed by atoms with van der Waals surface area (Å²) in [4.78, 5) is 27.0. The highest BCUT2D eigenvalue weighted by Gasteiger charge is 2.27. The quantitative estimate of drug-likeness (QED) is 0.917. The number of hydrogen-bond acceptors (Lipinski definition) is 3. The molecule has 8 heteroatoms. The molecule has 1 amide bonds. The van der Waals surface area contributed by atoms with E-state index in [1.807, 2.05) is 0 Å². The van der Waals surface area contributed by atoms with Crippen LogP contribution in [0.15, 0.2) is 35.3 Å². The third-order valence-corrected chi connectivity index (χ3v) is 2.54. The fourth-order valence-corrected chi connectivity index (χ4v) is 1.68. The molecule has 0 radical (unpaired) electrons. The normalized spacial score (nSPS) is 11.6. The molecule has 0 aliphatic heterocycles. The van der Waals surface area contributed by atoms with Crippen LogP contribution in [0.3, 0.4) is 0 Å². The van der Waals surface area contributed by atoms with Crippen molar-refractivity contribution in [3.05, 3.63) is 40.8 Å². The molecule has 0 saturated carbocycles. The third-order valence-electron chi connectivity index (χ3n) is 2.54. The minimum Gasteiger partial charge on any atom is -0.345 e. The average Bonchev–Trinajstić information content (AvgIpc) is 2.39. The van der Waals surface area contributed by atoms with Crippen LogP contribution in [0.25, 0.3) is 11.0 Å². The SMILES string of the molecule is O=C(Cn1c(=O)cnc2ccccc21)NCC(F)(F)F. The minimum absolute atomic E-state index is 0.391. The molecule has 0 fully saturated rings. The molecule has 1 aromatic carbocycles. The van der Waals surface area contributed by atoms with Crippen molar-refractivity contribution in [3.8, 4) is 0 Å². The summed E-state index contributed by atoms with van der Waals surface area (Å²) < 4.78 is 37.1. The number of nitrogens with one attached hydrogen (secondary N) is 1. The van der Waals surface area contributed by atoms with Gasteiger partial charge in [-0.1, -0.05) is 12.1 Å². The molecule has 1 N–H and O–H groups in total. The smallest absolute Gasteiger partial charge is 0.345 e. The Kier molecular flexibility index (Phi) is 3.73. The summed E-state index contributed by atoms with van der Waals surface area (Å²) in [5.74, 6) is -0.888. The Balaban J connectivity index is 2.23. The number of carbonyl (C=O) groups is 1. The van der Waals surface area contributed by atoms with Gasteiger partial charge in [-0.25, -0.2) is 4.98 Å². The van der Waals surface area contributed by atoms with Crippen molar-refractivity contribution in [1.82, 2.24) is 14.9 Å². The first kappa shape index (κ1) is 14.0. The first-order valence-corrected chi connectivity index (χ1v) is 5.65. The lowest BCUT2D eigenvalue weighted by Gasteiger charge is -2.11. The highest BCUT2D eigenvalue weighted by atomic mass is 19.4. The fraction of sp³-hybridized carbons (Fsp3) is 0.250. The third kappa shape index (κ3) is 3.34. The number of alkyl halides is 3. The van der Waals surface area contributed by atoms with Gasteiger partial charge in [0.2, 0.25) is 5.91 Å². The van der Waals surface area contributed by atoms with Gasteiger partial charge in [0, 0.05) is 0 Å². The van der Waals surface area contributed by atoms with Crippen LogP contribution in [-0.4, -0.2) is 28.2 Å². The molecule has 0 spiro atoms. The van der Waals surface area contributed by atoms with Crippen LogP contribution in [0.4, 0.5) is 13.2 Å². The second-order valence-electron chi connectivity index (χ2n) is 4.06. The largest absolute Gasteiger partial charge is 0.405 e. The molecule has 0 unspecified atom stereocenters. The highest BCUT2D eigenvalue weighted by molar-refractivity contribution is 5.79. The van der Waals surface area contributed by atoms with Crippen molar-refractivity contribution in [2.24, 2.45) is 0 Å². The van der Waals surface area contributed by atoms with E-state index in [1.165, 1.54) is 0 Å². The van der Waals surface area contributed by atoms with E-state index in [2.05, 4.69) is 4.98 Å². The lowest BCUT2D eigenvalue weighted by molar-refractivity contribution is -0.138. The monoisotopic (exact) mass is 285 g/mol. The van der Waals surface area contributed by atoms with Gasteiger partial charge in [0.15, 0.2) is 0 Å². The molecule has 1 aromatic heterocycles. The maximum Gasteiger partial charge on any atom is 0.405 e. The van der Waals surface area contributed by atoms with Gasteiger partial charge in [-0.15, -0.1) is 0 Å². The summed E-state index contributed by atoms with van der Waals surface area (Å²) in [5, 5.41) is 1.72. The number of hydrogen-bond donors (Lipinski definition) is 1. The van der Waals surface area contributed by atoms with E-state index in [0.717, 1.165) is 10.8 Å². The van der Waals surface area contributed by atoms with E-state index < -0.39 is 30.7 Å². The topological polar surface area (TPSA) is 64.0 Å². The van der Waals surface area contributed by atoms with Crippen LogP contribution in [0.1, 0.15) is 0 Å². The summed E-state index contributed by atoms with van der Waals surface area (Å²) >= 11 is 0. The lowest BCUT2D eigenvalue weighted by atomic mass is 10.3. The number of fused-ring (bicyclic) bond motifs is 1. The highest BCUT2D eigenvalue weighted by Crippen LogP contribution is 2.12. The molecular weight excluding hydrogens is 275 g/mol. The van der Waals surface area contributed by atoms with Crippen LogP contribution in [0, 0.1) is 0 Å². The van der Waals surface area contributed by atoms with Crippen LogP contribution in [0.5, 0.6) is 0 Å². The predicted octanol–water partition coefficient (Wildman–Crippen LogP) is 1.07. The number of para-hydroxylation sites is 2. The number of amides is 1.